The lowest BCUT2D eigenvalue weighted by atomic mass is 10.1. The summed E-state index contributed by atoms with van der Waals surface area (Å²) in [6.45, 7) is 2.19. The molecule has 0 N–H and O–H groups in total. The highest BCUT2D eigenvalue weighted by molar-refractivity contribution is 9.10. The van der Waals surface area contributed by atoms with Gasteiger partial charge in [-0.15, -0.1) is 11.3 Å². The average Bonchev–Trinajstić information content (AvgIpc) is 2.72. The van der Waals surface area contributed by atoms with E-state index in [2.05, 4.69) is 20.9 Å². The van der Waals surface area contributed by atoms with E-state index in [1.807, 2.05) is 17.5 Å². The molecule has 5 heteroatoms. The van der Waals surface area contributed by atoms with Crippen molar-refractivity contribution in [1.29, 1.82) is 0 Å². The Morgan fingerprint density at radius 3 is 2.83 bits per heavy atom. The van der Waals surface area contributed by atoms with Crippen LogP contribution in [-0.2, 0) is 11.2 Å². The molecule has 2 aromatic rings. The molecule has 0 radical (unpaired) electrons. The number of hydrogen-bond acceptors (Lipinski definition) is 4. The van der Waals surface area contributed by atoms with Crippen molar-refractivity contribution in [3.8, 4) is 0 Å². The van der Waals surface area contributed by atoms with Gasteiger partial charge in [0, 0.05) is 33.5 Å². The van der Waals surface area contributed by atoms with Crippen LogP contribution in [0, 0.1) is 0 Å². The molecule has 0 unspecified atom stereocenters. The summed E-state index contributed by atoms with van der Waals surface area (Å²) in [5, 5.41) is 1.92. The van der Waals surface area contributed by atoms with Crippen molar-refractivity contribution in [3.63, 3.8) is 0 Å². The maximum atomic E-state index is 11.9. The van der Waals surface area contributed by atoms with E-state index in [0.29, 0.717) is 18.6 Å². The molecule has 0 saturated carbocycles. The molecular formula is C13H12BrNO2S. The molecule has 94 valence electrons. The van der Waals surface area contributed by atoms with Gasteiger partial charge < -0.3 is 4.74 Å². The van der Waals surface area contributed by atoms with Gasteiger partial charge in [-0.1, -0.05) is 0 Å². The summed E-state index contributed by atoms with van der Waals surface area (Å²) in [6.07, 6.45) is 4.22. The average molecular weight is 326 g/mol. The highest BCUT2D eigenvalue weighted by atomic mass is 79.9. The van der Waals surface area contributed by atoms with Gasteiger partial charge in [-0.3, -0.25) is 4.98 Å². The van der Waals surface area contributed by atoms with Crippen LogP contribution in [0.1, 0.15) is 27.7 Å². The van der Waals surface area contributed by atoms with Gasteiger partial charge in [0.25, 0.3) is 0 Å². The Hall–Kier alpha value is -1.20. The molecule has 2 rings (SSSR count). The number of nitrogens with zero attached hydrogens (tertiary/aromatic N) is 1. The number of carbonyl (C=O) groups is 1. The first-order valence-corrected chi connectivity index (χ1v) is 7.21. The van der Waals surface area contributed by atoms with Crippen LogP contribution in [0.5, 0.6) is 0 Å². The first kappa shape index (κ1) is 13.2. The quantitative estimate of drug-likeness (QED) is 0.805. The van der Waals surface area contributed by atoms with E-state index in [9.17, 15) is 4.79 Å². The minimum absolute atomic E-state index is 0.269. The fraction of sp³-hybridized carbons (Fsp3) is 0.231. The summed E-state index contributed by atoms with van der Waals surface area (Å²) >= 11 is 4.96. The van der Waals surface area contributed by atoms with Crippen molar-refractivity contribution in [1.82, 2.24) is 4.98 Å². The predicted octanol–water partition coefficient (Wildman–Crippen LogP) is 3.67. The minimum atomic E-state index is -0.269. The van der Waals surface area contributed by atoms with Crippen LogP contribution in [0.4, 0.5) is 0 Å². The van der Waals surface area contributed by atoms with Gasteiger partial charge in [0.2, 0.25) is 0 Å². The summed E-state index contributed by atoms with van der Waals surface area (Å²) in [4.78, 5) is 16.9. The molecule has 0 bridgehead atoms. The highest BCUT2D eigenvalue weighted by Gasteiger charge is 2.18. The first-order valence-electron chi connectivity index (χ1n) is 5.54. The second-order valence-electron chi connectivity index (χ2n) is 3.63. The van der Waals surface area contributed by atoms with Gasteiger partial charge in [0.15, 0.2) is 0 Å². The molecule has 0 aliphatic carbocycles. The number of pyridine rings is 1. The zero-order valence-electron chi connectivity index (χ0n) is 9.85. The molecule has 0 aromatic carbocycles. The van der Waals surface area contributed by atoms with Crippen LogP contribution in [0.3, 0.4) is 0 Å². The largest absolute Gasteiger partial charge is 0.462 e. The van der Waals surface area contributed by atoms with E-state index >= 15 is 0 Å². The second-order valence-corrected chi connectivity index (χ2v) is 5.45. The van der Waals surface area contributed by atoms with Gasteiger partial charge in [-0.25, -0.2) is 4.79 Å². The Bertz CT molecular complexity index is 539. The number of esters is 1. The van der Waals surface area contributed by atoms with Crippen LogP contribution in [0.2, 0.25) is 0 Å². The number of ether oxygens (including phenoxy) is 1. The standard InChI is InChI=1S/C13H12BrNO2S/c1-2-17-13(16)12-10(14)8-18-11(12)7-9-3-5-15-6-4-9/h3-6,8H,2,7H2,1H3. The SMILES string of the molecule is CCOC(=O)c1c(Br)csc1Cc1ccncc1. The van der Waals surface area contributed by atoms with E-state index in [0.717, 1.165) is 14.9 Å². The Labute approximate surface area is 118 Å². The summed E-state index contributed by atoms with van der Waals surface area (Å²) in [6, 6.07) is 3.89. The van der Waals surface area contributed by atoms with Gasteiger partial charge in [-0.2, -0.15) is 0 Å². The summed E-state index contributed by atoms with van der Waals surface area (Å²) < 4.78 is 5.87. The number of aromatic nitrogens is 1. The lowest BCUT2D eigenvalue weighted by Gasteiger charge is -2.04. The van der Waals surface area contributed by atoms with Crippen molar-refractivity contribution in [2.45, 2.75) is 13.3 Å². The maximum absolute atomic E-state index is 11.9. The van der Waals surface area contributed by atoms with Gasteiger partial charge >= 0.3 is 5.97 Å². The fourth-order valence-corrected chi connectivity index (χ4v) is 3.34. The minimum Gasteiger partial charge on any atom is -0.462 e. The van der Waals surface area contributed by atoms with Crippen LogP contribution in [-0.4, -0.2) is 17.6 Å². The van der Waals surface area contributed by atoms with E-state index in [1.54, 1.807) is 30.7 Å². The zero-order valence-corrected chi connectivity index (χ0v) is 12.3. The number of carbonyl (C=O) groups excluding carboxylic acids is 1. The maximum Gasteiger partial charge on any atom is 0.340 e. The van der Waals surface area contributed by atoms with Crippen molar-refractivity contribution < 1.29 is 9.53 Å². The van der Waals surface area contributed by atoms with Crippen molar-refractivity contribution in [2.24, 2.45) is 0 Å². The Morgan fingerprint density at radius 1 is 1.44 bits per heavy atom. The first-order chi connectivity index (χ1) is 8.72. The van der Waals surface area contributed by atoms with Crippen LogP contribution in [0.15, 0.2) is 34.4 Å². The van der Waals surface area contributed by atoms with E-state index < -0.39 is 0 Å². The molecule has 0 aliphatic heterocycles. The predicted molar refractivity (Wildman–Crippen MR) is 75.0 cm³/mol. The van der Waals surface area contributed by atoms with Crippen LogP contribution < -0.4 is 0 Å². The second kappa shape index (κ2) is 6.11. The lowest BCUT2D eigenvalue weighted by molar-refractivity contribution is 0.0525. The lowest BCUT2D eigenvalue weighted by Crippen LogP contribution is -2.06. The van der Waals surface area contributed by atoms with Gasteiger partial charge in [-0.05, 0) is 40.5 Å². The summed E-state index contributed by atoms with van der Waals surface area (Å²) in [7, 11) is 0. The smallest absolute Gasteiger partial charge is 0.340 e. The zero-order chi connectivity index (χ0) is 13.0. The number of rotatable bonds is 4. The summed E-state index contributed by atoms with van der Waals surface area (Å²) in [5.74, 6) is -0.269. The Kier molecular flexibility index (Phi) is 4.49. The molecule has 0 spiro atoms. The molecule has 2 aromatic heterocycles. The molecule has 18 heavy (non-hydrogen) atoms. The Balaban J connectivity index is 2.26. The van der Waals surface area contributed by atoms with Crippen LogP contribution >= 0.6 is 27.3 Å². The topological polar surface area (TPSA) is 39.2 Å². The number of thiophene rings is 1. The number of hydrogen-bond donors (Lipinski definition) is 0. The molecule has 0 amide bonds. The molecule has 0 fully saturated rings. The van der Waals surface area contributed by atoms with Crippen LogP contribution in [0.25, 0.3) is 0 Å². The highest BCUT2D eigenvalue weighted by Crippen LogP contribution is 2.30. The molecule has 0 saturated heterocycles. The van der Waals surface area contributed by atoms with Crippen molar-refractivity contribution in [2.75, 3.05) is 6.61 Å². The Morgan fingerprint density at radius 2 is 2.17 bits per heavy atom. The fourth-order valence-electron chi connectivity index (χ4n) is 1.60. The third kappa shape index (κ3) is 2.97. The molecule has 0 atom stereocenters. The number of halogens is 1. The molecule has 2 heterocycles. The molecular weight excluding hydrogens is 314 g/mol. The third-order valence-electron chi connectivity index (χ3n) is 2.42. The van der Waals surface area contributed by atoms with E-state index in [4.69, 9.17) is 4.74 Å². The van der Waals surface area contributed by atoms with Crippen molar-refractivity contribution in [3.05, 3.63) is 50.4 Å². The molecule has 3 nitrogen and oxygen atoms in total. The molecule has 0 aliphatic rings. The normalized spacial score (nSPS) is 10.3. The monoisotopic (exact) mass is 325 g/mol. The third-order valence-corrected chi connectivity index (χ3v) is 4.33. The van der Waals surface area contributed by atoms with Crippen molar-refractivity contribution >= 4 is 33.2 Å². The van der Waals surface area contributed by atoms with E-state index in [1.165, 1.54) is 0 Å². The summed E-state index contributed by atoms with van der Waals surface area (Å²) in [5.41, 5.74) is 1.77. The van der Waals surface area contributed by atoms with E-state index in [-0.39, 0.29) is 5.97 Å². The van der Waals surface area contributed by atoms with Gasteiger partial charge in [0.1, 0.15) is 0 Å². The van der Waals surface area contributed by atoms with Gasteiger partial charge in [0.05, 0.1) is 12.2 Å².